The van der Waals surface area contributed by atoms with Crippen molar-refractivity contribution >= 4 is 34.3 Å². The number of aromatic nitrogens is 2. The minimum Gasteiger partial charge on any atom is -0.361 e. The first-order valence-corrected chi connectivity index (χ1v) is 8.43. The molecule has 6 heteroatoms. The molecule has 1 amide bonds. The molecule has 0 aliphatic carbocycles. The third-order valence-electron chi connectivity index (χ3n) is 3.54. The quantitative estimate of drug-likeness (QED) is 0.773. The zero-order valence-corrected chi connectivity index (χ0v) is 13.8. The molecule has 0 bridgehead atoms. The van der Waals surface area contributed by atoms with E-state index in [1.165, 1.54) is 11.8 Å². The Morgan fingerprint density at radius 3 is 2.91 bits per heavy atom. The Morgan fingerprint density at radius 2 is 2.13 bits per heavy atom. The molecule has 3 rings (SSSR count). The van der Waals surface area contributed by atoms with Gasteiger partial charge in [0.1, 0.15) is 5.76 Å². The van der Waals surface area contributed by atoms with Gasteiger partial charge in [-0.15, -0.1) is 11.8 Å². The standard InChI is InChI=1S/C17H17N3O2S/c1-11-15(12(2)22-20-11)9-23-10-17(21)19-14-7-13-5-3-4-6-16(13)18-8-14/h3-8H,9-10H2,1-2H3,(H,19,21). The zero-order chi connectivity index (χ0) is 16.2. The second-order valence-electron chi connectivity index (χ2n) is 5.26. The first kappa shape index (κ1) is 15.6. The van der Waals surface area contributed by atoms with Crippen LogP contribution in [-0.4, -0.2) is 21.8 Å². The maximum Gasteiger partial charge on any atom is 0.234 e. The number of rotatable bonds is 5. The van der Waals surface area contributed by atoms with Crippen molar-refractivity contribution in [2.75, 3.05) is 11.1 Å². The van der Waals surface area contributed by atoms with E-state index in [4.69, 9.17) is 4.52 Å². The largest absolute Gasteiger partial charge is 0.361 e. The van der Waals surface area contributed by atoms with Gasteiger partial charge in [-0.2, -0.15) is 0 Å². The van der Waals surface area contributed by atoms with Gasteiger partial charge >= 0.3 is 0 Å². The molecule has 1 N–H and O–H groups in total. The summed E-state index contributed by atoms with van der Waals surface area (Å²) in [5, 5.41) is 7.80. The van der Waals surface area contributed by atoms with E-state index in [1.807, 2.05) is 44.2 Å². The molecule has 0 spiro atoms. The summed E-state index contributed by atoms with van der Waals surface area (Å²) in [4.78, 5) is 16.4. The third kappa shape index (κ3) is 3.71. The molecular formula is C17H17N3O2S. The molecule has 0 saturated carbocycles. The van der Waals surface area contributed by atoms with Crippen LogP contribution in [0.4, 0.5) is 5.69 Å². The summed E-state index contributed by atoms with van der Waals surface area (Å²) in [5.41, 5.74) is 3.58. The molecule has 0 saturated heterocycles. The van der Waals surface area contributed by atoms with E-state index in [2.05, 4.69) is 15.5 Å². The van der Waals surface area contributed by atoms with E-state index < -0.39 is 0 Å². The molecule has 1 aromatic carbocycles. The predicted molar refractivity (Wildman–Crippen MR) is 92.5 cm³/mol. The highest BCUT2D eigenvalue weighted by atomic mass is 32.2. The van der Waals surface area contributed by atoms with Crippen LogP contribution in [0.5, 0.6) is 0 Å². The SMILES string of the molecule is Cc1noc(C)c1CSCC(=O)Nc1cnc2ccccc2c1. The lowest BCUT2D eigenvalue weighted by atomic mass is 10.2. The average molecular weight is 327 g/mol. The van der Waals surface area contributed by atoms with Crippen molar-refractivity contribution in [1.29, 1.82) is 0 Å². The topological polar surface area (TPSA) is 68.0 Å². The summed E-state index contributed by atoms with van der Waals surface area (Å²) >= 11 is 1.54. The summed E-state index contributed by atoms with van der Waals surface area (Å²) < 4.78 is 5.12. The smallest absolute Gasteiger partial charge is 0.234 e. The number of benzene rings is 1. The number of thioether (sulfide) groups is 1. The van der Waals surface area contributed by atoms with Crippen LogP contribution in [0, 0.1) is 13.8 Å². The predicted octanol–water partition coefficient (Wildman–Crippen LogP) is 3.71. The van der Waals surface area contributed by atoms with Crippen LogP contribution in [0.15, 0.2) is 41.1 Å². The Balaban J connectivity index is 1.56. The molecule has 3 aromatic rings. The number of nitrogens with one attached hydrogen (secondary N) is 1. The van der Waals surface area contributed by atoms with Crippen molar-refractivity contribution < 1.29 is 9.32 Å². The van der Waals surface area contributed by atoms with E-state index in [9.17, 15) is 4.79 Å². The Bertz CT molecular complexity index is 825. The average Bonchev–Trinajstić information content (AvgIpc) is 2.86. The number of anilines is 1. The number of para-hydroxylation sites is 1. The molecule has 23 heavy (non-hydrogen) atoms. The fraction of sp³-hybridized carbons (Fsp3) is 0.235. The Kier molecular flexibility index (Phi) is 4.62. The highest BCUT2D eigenvalue weighted by Crippen LogP contribution is 2.20. The van der Waals surface area contributed by atoms with Crippen LogP contribution < -0.4 is 5.32 Å². The molecule has 5 nitrogen and oxygen atoms in total. The van der Waals surface area contributed by atoms with Gasteiger partial charge in [-0.3, -0.25) is 9.78 Å². The van der Waals surface area contributed by atoms with Gasteiger partial charge in [0, 0.05) is 16.7 Å². The number of amides is 1. The Labute approximate surface area is 138 Å². The molecule has 0 atom stereocenters. The van der Waals surface area contributed by atoms with E-state index >= 15 is 0 Å². The normalized spacial score (nSPS) is 10.9. The highest BCUT2D eigenvalue weighted by Gasteiger charge is 2.10. The van der Waals surface area contributed by atoms with Crippen LogP contribution in [0.2, 0.25) is 0 Å². The Morgan fingerprint density at radius 1 is 1.30 bits per heavy atom. The van der Waals surface area contributed by atoms with Crippen LogP contribution in [0.1, 0.15) is 17.0 Å². The molecule has 118 valence electrons. The summed E-state index contributed by atoms with van der Waals surface area (Å²) in [6, 6.07) is 9.75. The molecule has 2 aromatic heterocycles. The highest BCUT2D eigenvalue weighted by molar-refractivity contribution is 7.99. The molecular weight excluding hydrogens is 310 g/mol. The second kappa shape index (κ2) is 6.83. The van der Waals surface area contributed by atoms with Gasteiger partial charge in [-0.1, -0.05) is 23.4 Å². The van der Waals surface area contributed by atoms with E-state index in [-0.39, 0.29) is 5.91 Å². The lowest BCUT2D eigenvalue weighted by Crippen LogP contribution is -2.14. The van der Waals surface area contributed by atoms with Gasteiger partial charge in [0.2, 0.25) is 5.91 Å². The van der Waals surface area contributed by atoms with Crippen LogP contribution in [-0.2, 0) is 10.5 Å². The first-order valence-electron chi connectivity index (χ1n) is 7.27. The van der Waals surface area contributed by atoms with Crippen molar-refractivity contribution in [2.45, 2.75) is 19.6 Å². The summed E-state index contributed by atoms with van der Waals surface area (Å²) in [6.45, 7) is 3.80. The molecule has 0 unspecified atom stereocenters. The summed E-state index contributed by atoms with van der Waals surface area (Å²) in [7, 11) is 0. The fourth-order valence-corrected chi connectivity index (χ4v) is 3.27. The third-order valence-corrected chi connectivity index (χ3v) is 4.49. The second-order valence-corrected chi connectivity index (χ2v) is 6.25. The number of hydrogen-bond acceptors (Lipinski definition) is 5. The monoisotopic (exact) mass is 327 g/mol. The maximum atomic E-state index is 12.0. The van der Waals surface area contributed by atoms with Gasteiger partial charge in [0.15, 0.2) is 0 Å². The first-order chi connectivity index (χ1) is 11.1. The lowest BCUT2D eigenvalue weighted by Gasteiger charge is -2.06. The van der Waals surface area contributed by atoms with Crippen LogP contribution in [0.25, 0.3) is 10.9 Å². The van der Waals surface area contributed by atoms with Gasteiger partial charge in [-0.05, 0) is 26.0 Å². The molecule has 2 heterocycles. The molecule has 0 radical (unpaired) electrons. The fourth-order valence-electron chi connectivity index (χ4n) is 2.29. The zero-order valence-electron chi connectivity index (χ0n) is 13.0. The minimum atomic E-state index is -0.0427. The van der Waals surface area contributed by atoms with Crippen molar-refractivity contribution in [3.8, 4) is 0 Å². The van der Waals surface area contributed by atoms with E-state index in [0.29, 0.717) is 17.2 Å². The van der Waals surface area contributed by atoms with Gasteiger partial charge in [-0.25, -0.2) is 0 Å². The number of pyridine rings is 1. The van der Waals surface area contributed by atoms with E-state index in [0.717, 1.165) is 27.9 Å². The minimum absolute atomic E-state index is 0.0427. The van der Waals surface area contributed by atoms with Crippen molar-refractivity contribution in [2.24, 2.45) is 0 Å². The number of carbonyl (C=O) groups excluding carboxylic acids is 1. The summed E-state index contributed by atoms with van der Waals surface area (Å²) in [5.74, 6) is 1.86. The number of carbonyl (C=O) groups is 1. The van der Waals surface area contributed by atoms with Crippen molar-refractivity contribution in [1.82, 2.24) is 10.1 Å². The number of nitrogens with zero attached hydrogens (tertiary/aromatic N) is 2. The molecule has 0 aliphatic rings. The number of hydrogen-bond donors (Lipinski definition) is 1. The van der Waals surface area contributed by atoms with Crippen LogP contribution >= 0.6 is 11.8 Å². The van der Waals surface area contributed by atoms with Gasteiger partial charge in [0.25, 0.3) is 0 Å². The molecule has 0 fully saturated rings. The van der Waals surface area contributed by atoms with Crippen molar-refractivity contribution in [3.63, 3.8) is 0 Å². The lowest BCUT2D eigenvalue weighted by molar-refractivity contribution is -0.113. The van der Waals surface area contributed by atoms with Crippen molar-refractivity contribution in [3.05, 3.63) is 53.5 Å². The summed E-state index contributed by atoms with van der Waals surface area (Å²) in [6.07, 6.45) is 1.68. The Hall–Kier alpha value is -2.34. The van der Waals surface area contributed by atoms with Gasteiger partial charge in [0.05, 0.1) is 28.8 Å². The number of aryl methyl sites for hydroxylation is 2. The van der Waals surface area contributed by atoms with Gasteiger partial charge < -0.3 is 9.84 Å². The van der Waals surface area contributed by atoms with Crippen LogP contribution in [0.3, 0.4) is 0 Å². The number of fused-ring (bicyclic) bond motifs is 1. The maximum absolute atomic E-state index is 12.0. The molecule has 0 aliphatic heterocycles. The van der Waals surface area contributed by atoms with E-state index in [1.54, 1.807) is 6.20 Å².